The maximum atomic E-state index is 11.2. The van der Waals surface area contributed by atoms with Crippen LogP contribution in [-0.4, -0.2) is 31.3 Å². The van der Waals surface area contributed by atoms with E-state index in [1.807, 2.05) is 19.2 Å². The van der Waals surface area contributed by atoms with Crippen LogP contribution in [0.5, 0.6) is 5.75 Å². The van der Waals surface area contributed by atoms with Gasteiger partial charge in [-0.25, -0.2) is 4.79 Å². The highest BCUT2D eigenvalue weighted by atomic mass is 16.5. The molecule has 4 nitrogen and oxygen atoms in total. The van der Waals surface area contributed by atoms with Crippen LogP contribution in [-0.2, 0) is 4.79 Å². The summed E-state index contributed by atoms with van der Waals surface area (Å²) < 4.78 is 5.51. The fourth-order valence-corrected chi connectivity index (χ4v) is 3.06. The molecule has 0 spiro atoms. The number of nitrogens with zero attached hydrogens (tertiary/aromatic N) is 1. The number of aliphatic carboxylic acids is 1. The molecule has 0 saturated heterocycles. The molecule has 1 N–H and O–H groups in total. The average molecular weight is 291 g/mol. The molecule has 0 amide bonds. The maximum absolute atomic E-state index is 11.2. The van der Waals surface area contributed by atoms with E-state index in [1.165, 1.54) is 37.7 Å². The first kappa shape index (κ1) is 15.7. The van der Waals surface area contributed by atoms with Crippen LogP contribution >= 0.6 is 0 Å². The number of methoxy groups -OCH3 is 1. The topological polar surface area (TPSA) is 49.8 Å². The molecule has 1 fully saturated rings. The van der Waals surface area contributed by atoms with Crippen molar-refractivity contribution in [3.63, 3.8) is 0 Å². The fraction of sp³-hybridized carbons (Fsp3) is 0.588. The standard InChI is InChI=1S/C17H25NO3/c1-12(17(19)20)18(2)14-9-10-16(21-3)15(11-14)13-7-5-4-6-8-13/h9-13H,4-8H2,1-3H3,(H,19,20)/t12-/m0/s1. The van der Waals surface area contributed by atoms with Gasteiger partial charge in [0.05, 0.1) is 7.11 Å². The maximum Gasteiger partial charge on any atom is 0.326 e. The number of hydrogen-bond donors (Lipinski definition) is 1. The molecule has 1 aliphatic rings. The third kappa shape index (κ3) is 3.49. The van der Waals surface area contributed by atoms with E-state index in [4.69, 9.17) is 9.84 Å². The Morgan fingerprint density at radius 3 is 2.57 bits per heavy atom. The molecule has 0 bridgehead atoms. The molecule has 21 heavy (non-hydrogen) atoms. The largest absolute Gasteiger partial charge is 0.496 e. The lowest BCUT2D eigenvalue weighted by molar-refractivity contribution is -0.138. The number of rotatable bonds is 5. The monoisotopic (exact) mass is 291 g/mol. The third-order valence-electron chi connectivity index (χ3n) is 4.60. The lowest BCUT2D eigenvalue weighted by Gasteiger charge is -2.28. The molecule has 0 unspecified atom stereocenters. The number of ether oxygens (including phenoxy) is 1. The van der Waals surface area contributed by atoms with E-state index < -0.39 is 12.0 Å². The lowest BCUT2D eigenvalue weighted by Crippen LogP contribution is -2.35. The van der Waals surface area contributed by atoms with Crippen molar-refractivity contribution in [1.29, 1.82) is 0 Å². The normalized spacial score (nSPS) is 17.3. The van der Waals surface area contributed by atoms with Crippen LogP contribution in [0.15, 0.2) is 18.2 Å². The molecular weight excluding hydrogens is 266 g/mol. The third-order valence-corrected chi connectivity index (χ3v) is 4.60. The minimum Gasteiger partial charge on any atom is -0.496 e. The van der Waals surface area contributed by atoms with Gasteiger partial charge in [0.15, 0.2) is 0 Å². The number of carboxylic acid groups (broad SMARTS) is 1. The van der Waals surface area contributed by atoms with Crippen molar-refractivity contribution in [3.05, 3.63) is 23.8 Å². The first-order valence-electron chi connectivity index (χ1n) is 7.68. The molecule has 0 heterocycles. The molecule has 1 aromatic carbocycles. The van der Waals surface area contributed by atoms with Crippen molar-refractivity contribution >= 4 is 11.7 Å². The Morgan fingerprint density at radius 2 is 2.00 bits per heavy atom. The predicted octanol–water partition coefficient (Wildman–Crippen LogP) is 3.65. The summed E-state index contributed by atoms with van der Waals surface area (Å²) in [7, 11) is 3.52. The summed E-state index contributed by atoms with van der Waals surface area (Å²) in [6.45, 7) is 1.70. The Morgan fingerprint density at radius 1 is 1.33 bits per heavy atom. The van der Waals surface area contributed by atoms with Crippen LogP contribution in [0.1, 0.15) is 50.5 Å². The van der Waals surface area contributed by atoms with Gasteiger partial charge < -0.3 is 14.7 Å². The van der Waals surface area contributed by atoms with Crippen molar-refractivity contribution in [1.82, 2.24) is 0 Å². The number of likely N-dealkylation sites (N-methyl/N-ethyl adjacent to an activating group) is 1. The second kappa shape index (κ2) is 6.83. The molecule has 0 aliphatic heterocycles. The molecule has 4 heteroatoms. The molecule has 0 aromatic heterocycles. The van der Waals surface area contributed by atoms with Crippen molar-refractivity contribution in [2.75, 3.05) is 19.1 Å². The van der Waals surface area contributed by atoms with E-state index in [0.717, 1.165) is 11.4 Å². The second-order valence-electron chi connectivity index (χ2n) is 5.89. The first-order chi connectivity index (χ1) is 10.0. The van der Waals surface area contributed by atoms with Gasteiger partial charge in [0.2, 0.25) is 0 Å². The summed E-state index contributed by atoms with van der Waals surface area (Å²) in [5, 5.41) is 9.17. The number of hydrogen-bond acceptors (Lipinski definition) is 3. The molecule has 1 atom stereocenters. The van der Waals surface area contributed by atoms with Crippen LogP contribution in [0, 0.1) is 0 Å². The number of benzene rings is 1. The number of carboxylic acids is 1. The highest BCUT2D eigenvalue weighted by Crippen LogP contribution is 2.39. The van der Waals surface area contributed by atoms with E-state index >= 15 is 0 Å². The smallest absolute Gasteiger partial charge is 0.326 e. The summed E-state index contributed by atoms with van der Waals surface area (Å²) in [5.41, 5.74) is 2.16. The lowest BCUT2D eigenvalue weighted by atomic mass is 9.83. The van der Waals surface area contributed by atoms with Crippen molar-refractivity contribution in [3.8, 4) is 5.75 Å². The molecule has 1 aromatic rings. The Balaban J connectivity index is 2.30. The molecule has 116 valence electrons. The molecule has 1 aliphatic carbocycles. The van der Waals surface area contributed by atoms with Gasteiger partial charge in [-0.05, 0) is 49.4 Å². The molecule has 2 rings (SSSR count). The Hall–Kier alpha value is -1.71. The number of carbonyl (C=O) groups is 1. The Bertz CT molecular complexity index is 495. The van der Waals surface area contributed by atoms with Crippen molar-refractivity contribution < 1.29 is 14.6 Å². The fourth-order valence-electron chi connectivity index (χ4n) is 3.06. The predicted molar refractivity (Wildman–Crippen MR) is 84.3 cm³/mol. The van der Waals surface area contributed by atoms with E-state index in [1.54, 1.807) is 18.9 Å². The van der Waals surface area contributed by atoms with Gasteiger partial charge in [0, 0.05) is 12.7 Å². The van der Waals surface area contributed by atoms with Gasteiger partial charge in [-0.3, -0.25) is 0 Å². The SMILES string of the molecule is COc1ccc(N(C)[C@@H](C)C(=O)O)cc1C1CCCCC1. The van der Waals surface area contributed by atoms with Crippen LogP contribution in [0.4, 0.5) is 5.69 Å². The van der Waals surface area contributed by atoms with Crippen LogP contribution in [0.3, 0.4) is 0 Å². The zero-order chi connectivity index (χ0) is 15.4. The molecule has 1 saturated carbocycles. The average Bonchev–Trinajstić information content (AvgIpc) is 2.53. The van der Waals surface area contributed by atoms with Gasteiger partial charge >= 0.3 is 5.97 Å². The number of anilines is 1. The van der Waals surface area contributed by atoms with Crippen LogP contribution < -0.4 is 9.64 Å². The second-order valence-corrected chi connectivity index (χ2v) is 5.89. The quantitative estimate of drug-likeness (QED) is 0.899. The van der Waals surface area contributed by atoms with Gasteiger partial charge in [0.25, 0.3) is 0 Å². The summed E-state index contributed by atoms with van der Waals surface area (Å²) >= 11 is 0. The van der Waals surface area contributed by atoms with Gasteiger partial charge in [-0.1, -0.05) is 19.3 Å². The van der Waals surface area contributed by atoms with Crippen LogP contribution in [0.2, 0.25) is 0 Å². The van der Waals surface area contributed by atoms with E-state index in [9.17, 15) is 4.79 Å². The van der Waals surface area contributed by atoms with E-state index in [0.29, 0.717) is 5.92 Å². The minimum absolute atomic E-state index is 0.530. The Kier molecular flexibility index (Phi) is 5.10. The molecule has 0 radical (unpaired) electrons. The van der Waals surface area contributed by atoms with E-state index in [-0.39, 0.29) is 0 Å². The summed E-state index contributed by atoms with van der Waals surface area (Å²) in [6.07, 6.45) is 6.23. The summed E-state index contributed by atoms with van der Waals surface area (Å²) in [6, 6.07) is 5.46. The summed E-state index contributed by atoms with van der Waals surface area (Å²) in [5.74, 6) is 0.636. The van der Waals surface area contributed by atoms with Gasteiger partial charge in [-0.15, -0.1) is 0 Å². The minimum atomic E-state index is -0.812. The zero-order valence-corrected chi connectivity index (χ0v) is 13.1. The van der Waals surface area contributed by atoms with Gasteiger partial charge in [0.1, 0.15) is 11.8 Å². The van der Waals surface area contributed by atoms with Gasteiger partial charge in [-0.2, -0.15) is 0 Å². The van der Waals surface area contributed by atoms with E-state index in [2.05, 4.69) is 6.07 Å². The zero-order valence-electron chi connectivity index (χ0n) is 13.1. The highest BCUT2D eigenvalue weighted by Gasteiger charge is 2.22. The molecular formula is C17H25NO3. The van der Waals surface area contributed by atoms with Crippen molar-refractivity contribution in [2.45, 2.75) is 51.0 Å². The summed E-state index contributed by atoms with van der Waals surface area (Å²) in [4.78, 5) is 13.0. The first-order valence-corrected chi connectivity index (χ1v) is 7.68. The highest BCUT2D eigenvalue weighted by molar-refractivity contribution is 5.77. The van der Waals surface area contributed by atoms with Crippen molar-refractivity contribution in [2.24, 2.45) is 0 Å². The van der Waals surface area contributed by atoms with Crippen LogP contribution in [0.25, 0.3) is 0 Å². The Labute approximate surface area is 126 Å².